The smallest absolute Gasteiger partial charge is 0.427 e. The van der Waals surface area contributed by atoms with Crippen molar-refractivity contribution in [3.8, 4) is 5.88 Å². The first kappa shape index (κ1) is 21.4. The monoisotopic (exact) mass is 447 g/mol. The van der Waals surface area contributed by atoms with Crippen LogP contribution in [-0.2, 0) is 9.47 Å². The molecule has 1 atom stereocenters. The maximum Gasteiger partial charge on any atom is 0.427 e. The molecule has 2 aliphatic heterocycles. The fourth-order valence-electron chi connectivity index (χ4n) is 3.48. The van der Waals surface area contributed by atoms with Crippen molar-refractivity contribution in [2.24, 2.45) is 5.10 Å². The van der Waals surface area contributed by atoms with Crippen LogP contribution in [0, 0.1) is 5.82 Å². The highest BCUT2D eigenvalue weighted by molar-refractivity contribution is 5.90. The number of hydrogen-bond donors (Lipinski definition) is 1. The summed E-state index contributed by atoms with van der Waals surface area (Å²) in [5.74, 6) is -0.142. The van der Waals surface area contributed by atoms with Gasteiger partial charge in [0.25, 0.3) is 5.88 Å². The van der Waals surface area contributed by atoms with E-state index in [2.05, 4.69) is 24.9 Å². The predicted octanol–water partition coefficient (Wildman–Crippen LogP) is 2.53. The highest BCUT2D eigenvalue weighted by Gasteiger charge is 2.33. The maximum atomic E-state index is 14.9. The fourth-order valence-corrected chi connectivity index (χ4v) is 3.48. The minimum Gasteiger partial charge on any atom is -0.471 e. The van der Waals surface area contributed by atoms with E-state index in [1.807, 2.05) is 4.90 Å². The first-order valence-corrected chi connectivity index (χ1v) is 9.98. The molecule has 2 saturated heterocycles. The van der Waals surface area contributed by atoms with Crippen LogP contribution in [-0.4, -0.2) is 62.5 Å². The summed E-state index contributed by atoms with van der Waals surface area (Å²) in [5.41, 5.74) is 3.95. The summed E-state index contributed by atoms with van der Waals surface area (Å²) < 4.78 is 34.7. The van der Waals surface area contributed by atoms with Gasteiger partial charge in [0.15, 0.2) is 6.10 Å². The van der Waals surface area contributed by atoms with Gasteiger partial charge in [-0.2, -0.15) is 5.10 Å². The zero-order valence-electron chi connectivity index (χ0n) is 17.3. The number of anilines is 2. The van der Waals surface area contributed by atoms with E-state index in [1.165, 1.54) is 24.3 Å². The summed E-state index contributed by atoms with van der Waals surface area (Å²) in [6, 6.07) is 6.20. The SMILES string of the molecule is COC(=O)NN=C1CCN(c2ccc(N3C[C@H](COc4ccon4)OC3=O)cc2F)CC1. The van der Waals surface area contributed by atoms with Crippen molar-refractivity contribution in [1.82, 2.24) is 10.6 Å². The Hall–Kier alpha value is -3.83. The molecule has 2 aliphatic rings. The molecule has 0 aliphatic carbocycles. The third kappa shape index (κ3) is 4.90. The molecule has 0 spiro atoms. The number of carbonyl (C=O) groups is 2. The van der Waals surface area contributed by atoms with Crippen LogP contribution in [0.4, 0.5) is 25.4 Å². The van der Waals surface area contributed by atoms with Crippen LogP contribution in [0.1, 0.15) is 12.8 Å². The zero-order valence-corrected chi connectivity index (χ0v) is 17.3. The molecule has 4 rings (SSSR count). The van der Waals surface area contributed by atoms with Gasteiger partial charge in [-0.3, -0.25) is 4.90 Å². The maximum absolute atomic E-state index is 14.9. The van der Waals surface area contributed by atoms with Gasteiger partial charge in [0.05, 0.1) is 25.0 Å². The second-order valence-corrected chi connectivity index (χ2v) is 7.17. The lowest BCUT2D eigenvalue weighted by atomic mass is 10.1. The number of cyclic esters (lactones) is 1. The zero-order chi connectivity index (χ0) is 22.5. The van der Waals surface area contributed by atoms with Crippen LogP contribution in [0.3, 0.4) is 0 Å². The Morgan fingerprint density at radius 3 is 2.84 bits per heavy atom. The van der Waals surface area contributed by atoms with Gasteiger partial charge in [-0.05, 0) is 23.4 Å². The number of amides is 2. The Morgan fingerprint density at radius 2 is 2.16 bits per heavy atom. The first-order chi connectivity index (χ1) is 15.5. The number of rotatable bonds is 6. The van der Waals surface area contributed by atoms with Crippen molar-refractivity contribution in [3.05, 3.63) is 36.3 Å². The van der Waals surface area contributed by atoms with Crippen LogP contribution in [0.2, 0.25) is 0 Å². The molecule has 0 saturated carbocycles. The van der Waals surface area contributed by atoms with Crippen LogP contribution in [0.5, 0.6) is 5.88 Å². The molecule has 1 N–H and O–H groups in total. The van der Waals surface area contributed by atoms with E-state index in [0.717, 1.165) is 5.71 Å². The largest absolute Gasteiger partial charge is 0.471 e. The van der Waals surface area contributed by atoms with Crippen LogP contribution in [0.25, 0.3) is 0 Å². The summed E-state index contributed by atoms with van der Waals surface area (Å²) in [6.45, 7) is 1.43. The molecular formula is C20H22FN5O6. The number of hydrogen-bond acceptors (Lipinski definition) is 9. The Kier molecular flexibility index (Phi) is 6.38. The molecule has 1 aromatic carbocycles. The Bertz CT molecular complexity index is 988. The van der Waals surface area contributed by atoms with Gasteiger partial charge >= 0.3 is 12.2 Å². The van der Waals surface area contributed by atoms with Crippen LogP contribution >= 0.6 is 0 Å². The number of ether oxygens (including phenoxy) is 3. The third-order valence-corrected chi connectivity index (χ3v) is 5.12. The van der Waals surface area contributed by atoms with Crippen molar-refractivity contribution >= 4 is 29.3 Å². The summed E-state index contributed by atoms with van der Waals surface area (Å²) >= 11 is 0. The number of benzene rings is 1. The average Bonchev–Trinajstić information content (AvgIpc) is 3.46. The van der Waals surface area contributed by atoms with Gasteiger partial charge in [0.1, 0.15) is 18.7 Å². The summed E-state index contributed by atoms with van der Waals surface area (Å²) in [6.07, 6.45) is 0.826. The molecular weight excluding hydrogens is 425 g/mol. The summed E-state index contributed by atoms with van der Waals surface area (Å²) in [5, 5.41) is 7.64. The van der Waals surface area contributed by atoms with Crippen LogP contribution in [0.15, 0.2) is 40.2 Å². The van der Waals surface area contributed by atoms with E-state index in [9.17, 15) is 14.0 Å². The third-order valence-electron chi connectivity index (χ3n) is 5.12. The van der Waals surface area contributed by atoms with Crippen LogP contribution < -0.4 is 20.0 Å². The lowest BCUT2D eigenvalue weighted by molar-refractivity contribution is 0.101. The van der Waals surface area contributed by atoms with E-state index in [-0.39, 0.29) is 13.2 Å². The van der Waals surface area contributed by atoms with E-state index in [1.54, 1.807) is 18.2 Å². The van der Waals surface area contributed by atoms with Gasteiger partial charge in [0.2, 0.25) is 0 Å². The van der Waals surface area contributed by atoms with Crippen molar-refractivity contribution in [2.75, 3.05) is 43.2 Å². The number of nitrogens with one attached hydrogen (secondary N) is 1. The number of aromatic nitrogens is 1. The number of piperidine rings is 1. The molecule has 12 heteroatoms. The molecule has 1 aromatic heterocycles. The second-order valence-electron chi connectivity index (χ2n) is 7.17. The van der Waals surface area contributed by atoms with E-state index >= 15 is 0 Å². The molecule has 0 radical (unpaired) electrons. The first-order valence-electron chi connectivity index (χ1n) is 9.98. The van der Waals surface area contributed by atoms with Crippen molar-refractivity contribution in [3.63, 3.8) is 0 Å². The van der Waals surface area contributed by atoms with Crippen molar-refractivity contribution in [1.29, 1.82) is 0 Å². The lowest BCUT2D eigenvalue weighted by Gasteiger charge is -2.30. The lowest BCUT2D eigenvalue weighted by Crippen LogP contribution is -2.35. The molecule has 11 nitrogen and oxygen atoms in total. The standard InChI is InChI=1S/C20H22FN5O6/c1-29-19(27)23-22-13-4-7-25(8-5-13)17-3-2-14(10-16(17)21)26-11-15(32-20(26)28)12-30-18-6-9-31-24-18/h2-3,6,9-10,15H,4-5,7-8,11-12H2,1H3,(H,23,27)/t15-/m1/s1. The molecule has 2 fully saturated rings. The minimum absolute atomic E-state index is 0.109. The van der Waals surface area contributed by atoms with E-state index in [0.29, 0.717) is 43.2 Å². The number of carbonyl (C=O) groups excluding carboxylic acids is 2. The fraction of sp³-hybridized carbons (Fsp3) is 0.400. The summed E-state index contributed by atoms with van der Waals surface area (Å²) in [4.78, 5) is 26.6. The number of methoxy groups -OCH3 is 1. The molecule has 32 heavy (non-hydrogen) atoms. The topological polar surface area (TPSA) is 119 Å². The average molecular weight is 447 g/mol. The predicted molar refractivity (Wildman–Crippen MR) is 110 cm³/mol. The second kappa shape index (κ2) is 9.54. The molecule has 3 heterocycles. The van der Waals surface area contributed by atoms with Gasteiger partial charge in [-0.15, -0.1) is 0 Å². The number of halogens is 1. The van der Waals surface area contributed by atoms with Gasteiger partial charge < -0.3 is 23.6 Å². The molecule has 2 aromatic rings. The number of hydrazone groups is 1. The van der Waals surface area contributed by atoms with E-state index < -0.39 is 24.1 Å². The van der Waals surface area contributed by atoms with E-state index in [4.69, 9.17) is 9.47 Å². The highest BCUT2D eigenvalue weighted by Crippen LogP contribution is 2.29. The normalized spacial score (nSPS) is 18.4. The quantitative estimate of drug-likeness (QED) is 0.671. The van der Waals surface area contributed by atoms with Gasteiger partial charge in [0, 0.05) is 37.7 Å². The Labute approximate surface area is 182 Å². The minimum atomic E-state index is -0.631. The molecule has 2 amide bonds. The van der Waals surface area contributed by atoms with Crippen molar-refractivity contribution in [2.45, 2.75) is 18.9 Å². The highest BCUT2D eigenvalue weighted by atomic mass is 19.1. The van der Waals surface area contributed by atoms with Gasteiger partial charge in [-0.1, -0.05) is 0 Å². The van der Waals surface area contributed by atoms with Gasteiger partial charge in [-0.25, -0.2) is 19.4 Å². The summed E-state index contributed by atoms with van der Waals surface area (Å²) in [7, 11) is 1.26. The molecule has 0 bridgehead atoms. The molecule has 0 unspecified atom stereocenters. The Morgan fingerprint density at radius 1 is 1.34 bits per heavy atom. The van der Waals surface area contributed by atoms with Crippen molar-refractivity contribution < 1.29 is 32.7 Å². The number of nitrogens with zero attached hydrogens (tertiary/aromatic N) is 4. The Balaban J connectivity index is 1.34. The molecule has 170 valence electrons.